The number of aromatic nitrogens is 4. The number of carbonyl (C=O) groups is 1. The van der Waals surface area contributed by atoms with Gasteiger partial charge in [0.05, 0.1) is 18.9 Å². The Morgan fingerprint density at radius 3 is 2.72 bits per heavy atom. The first-order valence-corrected chi connectivity index (χ1v) is 8.29. The van der Waals surface area contributed by atoms with E-state index in [0.29, 0.717) is 11.5 Å². The van der Waals surface area contributed by atoms with Crippen molar-refractivity contribution in [3.63, 3.8) is 0 Å². The van der Waals surface area contributed by atoms with Crippen LogP contribution in [0.5, 0.6) is 0 Å². The Morgan fingerprint density at radius 2 is 2.00 bits per heavy atom. The van der Waals surface area contributed by atoms with Crippen LogP contribution in [-0.2, 0) is 4.79 Å². The van der Waals surface area contributed by atoms with Gasteiger partial charge in [0.1, 0.15) is 11.8 Å². The Labute approximate surface area is 146 Å². The molecule has 7 heteroatoms. The van der Waals surface area contributed by atoms with Gasteiger partial charge in [-0.3, -0.25) is 4.79 Å². The monoisotopic (exact) mass is 338 g/mol. The predicted molar refractivity (Wildman–Crippen MR) is 97.3 cm³/mol. The molecule has 130 valence electrons. The van der Waals surface area contributed by atoms with Crippen molar-refractivity contribution in [1.29, 1.82) is 0 Å². The lowest BCUT2D eigenvalue weighted by molar-refractivity contribution is -0.120. The second-order valence-corrected chi connectivity index (χ2v) is 6.09. The first kappa shape index (κ1) is 16.9. The van der Waals surface area contributed by atoms with Gasteiger partial charge in [-0.05, 0) is 18.9 Å². The third kappa shape index (κ3) is 3.76. The third-order valence-electron chi connectivity index (χ3n) is 4.17. The molecule has 0 aliphatic rings. The number of anilines is 1. The molecule has 2 heterocycles. The standard InChI is InChI=1S/C18H22N6O/c1-4-14(13-7-5-12(2)6-8-13)23-15(25)9-24(3)18-16-17(20-10-19-16)21-11-22-18/h5-8,10-11,14H,4,9H2,1-3H3,(H,23,25)(H,19,20,21,22)/t14-/m0/s1. The van der Waals surface area contributed by atoms with Gasteiger partial charge in [-0.2, -0.15) is 0 Å². The Morgan fingerprint density at radius 1 is 1.24 bits per heavy atom. The van der Waals surface area contributed by atoms with Crippen LogP contribution in [0.2, 0.25) is 0 Å². The highest BCUT2D eigenvalue weighted by molar-refractivity contribution is 5.87. The minimum atomic E-state index is -0.0544. The van der Waals surface area contributed by atoms with Gasteiger partial charge in [0.25, 0.3) is 0 Å². The highest BCUT2D eigenvalue weighted by Gasteiger charge is 2.17. The number of hydrogen-bond donors (Lipinski definition) is 2. The number of benzene rings is 1. The number of hydrogen-bond acceptors (Lipinski definition) is 5. The Balaban J connectivity index is 1.68. The number of fused-ring (bicyclic) bond motifs is 1. The number of amides is 1. The summed E-state index contributed by atoms with van der Waals surface area (Å²) in [6.45, 7) is 4.32. The highest BCUT2D eigenvalue weighted by atomic mass is 16.2. The first-order chi connectivity index (χ1) is 12.1. The molecule has 2 aromatic heterocycles. The van der Waals surface area contributed by atoms with Crippen molar-refractivity contribution >= 4 is 22.9 Å². The highest BCUT2D eigenvalue weighted by Crippen LogP contribution is 2.19. The number of imidazole rings is 1. The largest absolute Gasteiger partial charge is 0.348 e. The summed E-state index contributed by atoms with van der Waals surface area (Å²) in [5.74, 6) is 0.599. The van der Waals surface area contributed by atoms with E-state index in [9.17, 15) is 4.79 Å². The molecule has 3 rings (SSSR count). The maximum Gasteiger partial charge on any atom is 0.240 e. The Kier molecular flexibility index (Phi) is 4.92. The van der Waals surface area contributed by atoms with Gasteiger partial charge >= 0.3 is 0 Å². The first-order valence-electron chi connectivity index (χ1n) is 8.29. The molecule has 0 aliphatic carbocycles. The minimum Gasteiger partial charge on any atom is -0.348 e. The molecule has 0 spiro atoms. The number of H-pyrrole nitrogens is 1. The predicted octanol–water partition coefficient (Wildman–Crippen LogP) is 2.37. The third-order valence-corrected chi connectivity index (χ3v) is 4.17. The molecule has 1 atom stereocenters. The van der Waals surface area contributed by atoms with E-state index >= 15 is 0 Å². The molecule has 25 heavy (non-hydrogen) atoms. The lowest BCUT2D eigenvalue weighted by Crippen LogP contribution is -2.37. The van der Waals surface area contributed by atoms with Crippen molar-refractivity contribution in [1.82, 2.24) is 25.3 Å². The van der Waals surface area contributed by atoms with Crippen molar-refractivity contribution in [3.05, 3.63) is 48.0 Å². The van der Waals surface area contributed by atoms with Crippen LogP contribution in [0, 0.1) is 6.92 Å². The van der Waals surface area contributed by atoms with Crippen LogP contribution in [-0.4, -0.2) is 39.4 Å². The fraction of sp³-hybridized carbons (Fsp3) is 0.333. The summed E-state index contributed by atoms with van der Waals surface area (Å²) in [5, 5.41) is 3.10. The number of rotatable bonds is 6. The molecule has 0 aliphatic heterocycles. The number of nitrogens with zero attached hydrogens (tertiary/aromatic N) is 4. The smallest absolute Gasteiger partial charge is 0.240 e. The Hall–Kier alpha value is -2.96. The van der Waals surface area contributed by atoms with E-state index in [4.69, 9.17) is 0 Å². The molecule has 0 saturated carbocycles. The minimum absolute atomic E-state index is 0.000859. The summed E-state index contributed by atoms with van der Waals surface area (Å²) in [5.41, 5.74) is 3.63. The van der Waals surface area contributed by atoms with Crippen molar-refractivity contribution < 1.29 is 4.79 Å². The molecular weight excluding hydrogens is 316 g/mol. The summed E-state index contributed by atoms with van der Waals surface area (Å²) in [6, 6.07) is 8.25. The molecule has 0 bridgehead atoms. The Bertz CT molecular complexity index is 857. The summed E-state index contributed by atoms with van der Waals surface area (Å²) in [7, 11) is 1.83. The zero-order valence-corrected chi connectivity index (χ0v) is 14.7. The second kappa shape index (κ2) is 7.29. The molecule has 0 fully saturated rings. The van der Waals surface area contributed by atoms with Crippen molar-refractivity contribution in [3.8, 4) is 0 Å². The zero-order valence-electron chi connectivity index (χ0n) is 14.7. The van der Waals surface area contributed by atoms with Crippen LogP contribution in [0.3, 0.4) is 0 Å². The van der Waals surface area contributed by atoms with Gasteiger partial charge in [0.15, 0.2) is 11.5 Å². The zero-order chi connectivity index (χ0) is 17.8. The second-order valence-electron chi connectivity index (χ2n) is 6.09. The summed E-state index contributed by atoms with van der Waals surface area (Å²) < 4.78 is 0. The van der Waals surface area contributed by atoms with E-state index < -0.39 is 0 Å². The molecule has 1 amide bonds. The van der Waals surface area contributed by atoms with Crippen LogP contribution in [0.25, 0.3) is 11.2 Å². The van der Waals surface area contributed by atoms with Gasteiger partial charge in [0.2, 0.25) is 5.91 Å². The average Bonchev–Trinajstić information content (AvgIpc) is 3.09. The van der Waals surface area contributed by atoms with Gasteiger partial charge in [-0.1, -0.05) is 36.8 Å². The summed E-state index contributed by atoms with van der Waals surface area (Å²) >= 11 is 0. The molecule has 2 N–H and O–H groups in total. The SMILES string of the molecule is CC[C@H](NC(=O)CN(C)c1ncnc2nc[nH]c12)c1ccc(C)cc1. The number of likely N-dealkylation sites (N-methyl/N-ethyl adjacent to an activating group) is 1. The number of carbonyl (C=O) groups excluding carboxylic acids is 1. The van der Waals surface area contributed by atoms with E-state index in [1.54, 1.807) is 11.2 Å². The molecular formula is C18H22N6O. The van der Waals surface area contributed by atoms with Crippen LogP contribution < -0.4 is 10.2 Å². The van der Waals surface area contributed by atoms with Gasteiger partial charge in [0, 0.05) is 7.05 Å². The van der Waals surface area contributed by atoms with Gasteiger partial charge < -0.3 is 15.2 Å². The number of nitrogens with one attached hydrogen (secondary N) is 2. The van der Waals surface area contributed by atoms with Crippen LogP contribution in [0.1, 0.15) is 30.5 Å². The van der Waals surface area contributed by atoms with Crippen LogP contribution in [0.4, 0.5) is 5.82 Å². The summed E-state index contributed by atoms with van der Waals surface area (Å²) in [4.78, 5) is 29.8. The van der Waals surface area contributed by atoms with Crippen molar-refractivity contribution in [2.75, 3.05) is 18.5 Å². The van der Waals surface area contributed by atoms with E-state index in [-0.39, 0.29) is 18.5 Å². The molecule has 0 unspecified atom stereocenters. The number of aromatic amines is 1. The molecule has 0 saturated heterocycles. The maximum absolute atomic E-state index is 12.5. The quantitative estimate of drug-likeness (QED) is 0.720. The van der Waals surface area contributed by atoms with Crippen molar-refractivity contribution in [2.24, 2.45) is 0 Å². The number of aryl methyl sites for hydroxylation is 1. The van der Waals surface area contributed by atoms with Crippen molar-refractivity contribution in [2.45, 2.75) is 26.3 Å². The lowest BCUT2D eigenvalue weighted by Gasteiger charge is -2.21. The van der Waals surface area contributed by atoms with Gasteiger partial charge in [-0.25, -0.2) is 15.0 Å². The normalized spacial score (nSPS) is 12.1. The van der Waals surface area contributed by atoms with E-state index in [0.717, 1.165) is 17.5 Å². The fourth-order valence-corrected chi connectivity index (χ4v) is 2.79. The fourth-order valence-electron chi connectivity index (χ4n) is 2.79. The lowest BCUT2D eigenvalue weighted by atomic mass is 10.0. The molecule has 3 aromatic rings. The molecule has 7 nitrogen and oxygen atoms in total. The summed E-state index contributed by atoms with van der Waals surface area (Å²) in [6.07, 6.45) is 3.85. The molecule has 0 radical (unpaired) electrons. The van der Waals surface area contributed by atoms with Gasteiger partial charge in [-0.15, -0.1) is 0 Å². The molecule has 1 aromatic carbocycles. The van der Waals surface area contributed by atoms with Crippen LogP contribution >= 0.6 is 0 Å². The van der Waals surface area contributed by atoms with Crippen LogP contribution in [0.15, 0.2) is 36.9 Å². The van der Waals surface area contributed by atoms with E-state index in [2.05, 4.69) is 63.4 Å². The maximum atomic E-state index is 12.5. The topological polar surface area (TPSA) is 86.8 Å². The van der Waals surface area contributed by atoms with E-state index in [1.807, 2.05) is 7.05 Å². The van der Waals surface area contributed by atoms with E-state index in [1.165, 1.54) is 11.9 Å². The average molecular weight is 338 g/mol.